The molecule has 1 unspecified atom stereocenters. The number of aromatic nitrogens is 2. The summed E-state index contributed by atoms with van der Waals surface area (Å²) >= 11 is 0. The van der Waals surface area contributed by atoms with E-state index in [0.29, 0.717) is 24.5 Å². The molecule has 1 saturated heterocycles. The molecule has 0 radical (unpaired) electrons. The van der Waals surface area contributed by atoms with Gasteiger partial charge in [-0.3, -0.25) is 9.48 Å². The smallest absolute Gasteiger partial charge is 0.305 e. The van der Waals surface area contributed by atoms with Gasteiger partial charge >= 0.3 is 6.03 Å². The molecule has 0 bridgehead atoms. The van der Waals surface area contributed by atoms with Crippen LogP contribution in [0, 0.1) is 12.3 Å². The van der Waals surface area contributed by atoms with E-state index in [-0.39, 0.29) is 11.9 Å². The molecule has 1 aliphatic heterocycles. The largest absolute Gasteiger partial charge is 0.332 e. The number of nitrogens with one attached hydrogen (secondary N) is 1. The first-order valence-corrected chi connectivity index (χ1v) is 10.3. The van der Waals surface area contributed by atoms with Crippen LogP contribution in [-0.4, -0.2) is 37.9 Å². The maximum Gasteiger partial charge on any atom is 0.332 e. The maximum absolute atomic E-state index is 13.2. The van der Waals surface area contributed by atoms with Crippen molar-refractivity contribution in [2.45, 2.75) is 53.2 Å². The molecule has 0 saturated carbocycles. The van der Waals surface area contributed by atoms with Crippen molar-refractivity contribution in [1.82, 2.24) is 14.7 Å². The fraction of sp³-hybridized carbons (Fsp3) is 0.364. The van der Waals surface area contributed by atoms with Gasteiger partial charge in [-0.05, 0) is 51.1 Å². The number of hydrogen-bond donors (Lipinski definition) is 1. The molecule has 7 nitrogen and oxygen atoms in total. The van der Waals surface area contributed by atoms with Crippen LogP contribution < -0.4 is 4.90 Å². The molecule has 2 aromatic rings. The number of rotatable bonds is 6. The van der Waals surface area contributed by atoms with Crippen molar-refractivity contribution < 1.29 is 9.59 Å². The van der Waals surface area contributed by atoms with E-state index < -0.39 is 5.54 Å². The lowest BCUT2D eigenvalue weighted by molar-refractivity contribution is -0.123. The maximum atomic E-state index is 13.2. The zero-order valence-electron chi connectivity index (χ0n) is 18.1. The Balaban J connectivity index is 1.88. The van der Waals surface area contributed by atoms with Crippen LogP contribution in [0.25, 0.3) is 0 Å². The number of aryl methyl sites for hydroxylation is 1. The highest BCUT2D eigenvalue weighted by Gasteiger charge is 2.52. The molecular weight excluding hydrogens is 397 g/mol. The quantitative estimate of drug-likeness (QED) is 0.429. The predicted octanol–water partition coefficient (Wildman–Crippen LogP) is 4.13. The molecule has 2 heterocycles. The summed E-state index contributed by atoms with van der Waals surface area (Å²) in [6.45, 7) is 9.94. The van der Waals surface area contributed by atoms with Crippen LogP contribution in [0.4, 0.5) is 10.5 Å². The number of nitrogens with zero attached hydrogens (tertiary/aromatic N) is 4. The second-order valence-corrected chi connectivity index (χ2v) is 9.11. The fourth-order valence-electron chi connectivity index (χ4n) is 3.58. The van der Waals surface area contributed by atoms with Gasteiger partial charge in [-0.1, -0.05) is 29.8 Å². The number of amides is 3. The second-order valence-electron chi connectivity index (χ2n) is 8.24. The molecule has 1 atom stereocenters. The van der Waals surface area contributed by atoms with Gasteiger partial charge in [0.1, 0.15) is 5.54 Å². The number of carbonyl (C=O) groups is 2. The summed E-state index contributed by atoms with van der Waals surface area (Å²) in [4.78, 5) is 29.1. The first kappa shape index (κ1) is 21.9. The Morgan fingerprint density at radius 2 is 1.93 bits per heavy atom. The number of hydrogen-bond acceptors (Lipinski definition) is 4. The van der Waals surface area contributed by atoms with Gasteiger partial charge in [-0.2, -0.15) is 5.10 Å². The molecule has 1 N–H and O–H groups in total. The van der Waals surface area contributed by atoms with E-state index in [1.54, 1.807) is 36.5 Å². The predicted molar refractivity (Wildman–Crippen MR) is 122 cm³/mol. The van der Waals surface area contributed by atoms with Crippen molar-refractivity contribution in [3.05, 3.63) is 58.7 Å². The van der Waals surface area contributed by atoms with Crippen LogP contribution >= 0.6 is 9.24 Å². The van der Waals surface area contributed by atoms with Gasteiger partial charge < -0.3 is 10.3 Å². The molecule has 8 heteroatoms. The Morgan fingerprint density at radius 1 is 1.23 bits per heavy atom. The number of imide groups is 1. The highest BCUT2D eigenvalue weighted by atomic mass is 31.0. The van der Waals surface area contributed by atoms with Crippen LogP contribution in [0.1, 0.15) is 38.8 Å². The van der Waals surface area contributed by atoms with Crippen LogP contribution in [-0.2, 0) is 17.9 Å². The van der Waals surface area contributed by atoms with Gasteiger partial charge in [0.25, 0.3) is 5.91 Å². The molecule has 3 amide bonds. The molecule has 3 rings (SSSR count). The van der Waals surface area contributed by atoms with Crippen molar-refractivity contribution >= 4 is 32.6 Å². The number of allylic oxidation sites excluding steroid dienone is 2. The highest BCUT2D eigenvalue weighted by molar-refractivity contribution is 7.22. The molecular formula is C22H28N5O2P. The zero-order chi connectivity index (χ0) is 22.2. The molecule has 0 aliphatic carbocycles. The lowest BCUT2D eigenvalue weighted by Crippen LogP contribution is -2.43. The van der Waals surface area contributed by atoms with Gasteiger partial charge in [0.15, 0.2) is 0 Å². The zero-order valence-corrected chi connectivity index (χ0v) is 19.2. The van der Waals surface area contributed by atoms with Crippen LogP contribution in [0.15, 0.2) is 47.5 Å². The Bertz CT molecular complexity index is 1050. The minimum absolute atomic E-state index is 0.277. The summed E-state index contributed by atoms with van der Waals surface area (Å²) in [6.07, 6.45) is 3.20. The minimum Gasteiger partial charge on any atom is -0.305 e. The summed E-state index contributed by atoms with van der Waals surface area (Å²) in [5.41, 5.74) is 2.86. The van der Waals surface area contributed by atoms with E-state index in [4.69, 9.17) is 5.41 Å². The highest BCUT2D eigenvalue weighted by Crippen LogP contribution is 2.33. The van der Waals surface area contributed by atoms with Gasteiger partial charge in [0.2, 0.25) is 0 Å². The van der Waals surface area contributed by atoms with E-state index in [1.165, 1.54) is 11.1 Å². The average molecular weight is 425 g/mol. The van der Waals surface area contributed by atoms with Crippen LogP contribution in [0.3, 0.4) is 0 Å². The van der Waals surface area contributed by atoms with Crippen molar-refractivity contribution in [2.75, 3.05) is 4.90 Å². The Kier molecular flexibility index (Phi) is 5.95. The summed E-state index contributed by atoms with van der Waals surface area (Å²) in [5.74, 6) is -0.277. The van der Waals surface area contributed by atoms with Gasteiger partial charge in [0.05, 0.1) is 18.4 Å². The normalized spacial score (nSPS) is 16.9. The van der Waals surface area contributed by atoms with Crippen molar-refractivity contribution in [2.24, 2.45) is 0 Å². The van der Waals surface area contributed by atoms with E-state index >= 15 is 0 Å². The number of benzene rings is 1. The van der Waals surface area contributed by atoms with E-state index in [9.17, 15) is 9.59 Å². The third kappa shape index (κ3) is 4.08. The molecule has 1 aromatic heterocycles. The van der Waals surface area contributed by atoms with Gasteiger partial charge in [0, 0.05) is 18.5 Å². The molecule has 158 valence electrons. The van der Waals surface area contributed by atoms with E-state index in [1.807, 2.05) is 38.1 Å². The third-order valence-corrected chi connectivity index (χ3v) is 5.72. The van der Waals surface area contributed by atoms with Gasteiger partial charge in [-0.25, -0.2) is 9.69 Å². The fourth-order valence-corrected chi connectivity index (χ4v) is 3.89. The van der Waals surface area contributed by atoms with Crippen LogP contribution in [0.5, 0.6) is 0 Å². The Hall–Kier alpha value is -2.79. The van der Waals surface area contributed by atoms with E-state index in [0.717, 1.165) is 22.0 Å². The number of anilines is 1. The first-order valence-electron chi connectivity index (χ1n) is 9.77. The Labute approximate surface area is 179 Å². The monoisotopic (exact) mass is 425 g/mol. The summed E-state index contributed by atoms with van der Waals surface area (Å²) < 4.78 is 1.65. The molecule has 0 spiro atoms. The van der Waals surface area contributed by atoms with Crippen molar-refractivity contribution in [3.8, 4) is 0 Å². The summed E-state index contributed by atoms with van der Waals surface area (Å²) in [7, 11) is 2.61. The SMILES string of the molecule is CC(=N)/C(Cn1cc(N2C(=O)N(Cc3cccc(C)c3)C(C)(C)C2=O)cn1)=C(/C)P. The van der Waals surface area contributed by atoms with E-state index in [2.05, 4.69) is 14.3 Å². The number of carbonyl (C=O) groups excluding carboxylic acids is 2. The number of urea groups is 1. The standard InChI is InChI=1S/C22H28N5O2P/c1-14-7-6-8-17(9-14)11-26-21(29)27(20(28)22(26,4)5)18-10-24-25(12-18)13-19(15(2)23)16(3)30/h6-10,12,23H,11,13,30H2,1-5H3/b19-16-,23-15?. The molecule has 1 aliphatic rings. The topological polar surface area (TPSA) is 82.3 Å². The Morgan fingerprint density at radius 3 is 2.53 bits per heavy atom. The second kappa shape index (κ2) is 8.15. The van der Waals surface area contributed by atoms with Gasteiger partial charge in [-0.15, -0.1) is 9.24 Å². The minimum atomic E-state index is -0.962. The third-order valence-electron chi connectivity index (χ3n) is 5.37. The first-order chi connectivity index (χ1) is 14.0. The van der Waals surface area contributed by atoms with Crippen molar-refractivity contribution in [1.29, 1.82) is 5.41 Å². The molecule has 30 heavy (non-hydrogen) atoms. The lowest BCUT2D eigenvalue weighted by atomic mass is 10.0. The summed E-state index contributed by atoms with van der Waals surface area (Å²) in [6, 6.07) is 7.58. The lowest BCUT2D eigenvalue weighted by Gasteiger charge is -2.27. The molecule has 1 fully saturated rings. The molecule has 1 aromatic carbocycles. The summed E-state index contributed by atoms with van der Waals surface area (Å²) in [5, 5.41) is 13.2. The average Bonchev–Trinajstić information content (AvgIpc) is 3.17. The van der Waals surface area contributed by atoms with Crippen LogP contribution in [0.2, 0.25) is 0 Å². The van der Waals surface area contributed by atoms with Crippen molar-refractivity contribution in [3.63, 3.8) is 0 Å².